The van der Waals surface area contributed by atoms with E-state index in [2.05, 4.69) is 0 Å². The predicted molar refractivity (Wildman–Crippen MR) is 52.8 cm³/mol. The Morgan fingerprint density at radius 3 is 2.44 bits per heavy atom. The van der Waals surface area contributed by atoms with Gasteiger partial charge < -0.3 is 0 Å². The zero-order valence-corrected chi connectivity index (χ0v) is 8.24. The van der Waals surface area contributed by atoms with Crippen molar-refractivity contribution in [1.82, 2.24) is 0 Å². The van der Waals surface area contributed by atoms with Crippen LogP contribution >= 0.6 is 0 Å². The molecule has 1 heterocycles. The van der Waals surface area contributed by atoms with Crippen molar-refractivity contribution in [2.24, 2.45) is 0 Å². The van der Waals surface area contributed by atoms with Crippen molar-refractivity contribution >= 4 is 17.5 Å². The molecule has 2 amide bonds. The van der Waals surface area contributed by atoms with Gasteiger partial charge in [-0.1, -0.05) is 0 Å². The number of carbonyl (C=O) groups is 2. The molecule has 1 saturated heterocycles. The van der Waals surface area contributed by atoms with Gasteiger partial charge in [0.05, 0.1) is 11.3 Å². The summed E-state index contributed by atoms with van der Waals surface area (Å²) in [6.45, 7) is 0. The lowest BCUT2D eigenvalue weighted by Gasteiger charge is -2.13. The highest BCUT2D eigenvalue weighted by Gasteiger charge is 2.30. The summed E-state index contributed by atoms with van der Waals surface area (Å²) >= 11 is 0. The molecule has 0 aliphatic carbocycles. The van der Waals surface area contributed by atoms with Gasteiger partial charge in [0.2, 0.25) is 11.8 Å². The van der Waals surface area contributed by atoms with Crippen LogP contribution in [0.4, 0.5) is 10.1 Å². The van der Waals surface area contributed by atoms with E-state index < -0.39 is 5.82 Å². The van der Waals surface area contributed by atoms with Crippen molar-refractivity contribution in [1.29, 1.82) is 5.26 Å². The molecule has 0 N–H and O–H groups in total. The van der Waals surface area contributed by atoms with Gasteiger partial charge in [-0.25, -0.2) is 4.39 Å². The Labute approximate surface area is 90.9 Å². The Bertz CT molecular complexity index is 503. The lowest BCUT2D eigenvalue weighted by atomic mass is 10.2. The minimum atomic E-state index is -0.662. The lowest BCUT2D eigenvalue weighted by Crippen LogP contribution is -2.28. The number of hydrogen-bond acceptors (Lipinski definition) is 3. The van der Waals surface area contributed by atoms with Crippen molar-refractivity contribution in [2.75, 3.05) is 4.90 Å². The zero-order chi connectivity index (χ0) is 11.7. The molecule has 80 valence electrons. The van der Waals surface area contributed by atoms with E-state index in [1.54, 1.807) is 6.07 Å². The van der Waals surface area contributed by atoms with E-state index in [1.807, 2.05) is 0 Å². The third-order valence-corrected chi connectivity index (χ3v) is 2.38. The summed E-state index contributed by atoms with van der Waals surface area (Å²) in [5.74, 6) is -1.30. The van der Waals surface area contributed by atoms with Crippen LogP contribution in [0.5, 0.6) is 0 Å². The van der Waals surface area contributed by atoms with Crippen LogP contribution in [0.15, 0.2) is 18.2 Å². The molecule has 0 spiro atoms. The molecule has 0 atom stereocenters. The molecule has 4 nitrogen and oxygen atoms in total. The highest BCUT2D eigenvalue weighted by molar-refractivity contribution is 6.19. The monoisotopic (exact) mass is 218 g/mol. The maximum absolute atomic E-state index is 13.0. The van der Waals surface area contributed by atoms with E-state index in [0.29, 0.717) is 0 Å². The van der Waals surface area contributed by atoms with Gasteiger partial charge in [-0.15, -0.1) is 0 Å². The fraction of sp³-hybridized carbons (Fsp3) is 0.182. The van der Waals surface area contributed by atoms with E-state index in [1.165, 1.54) is 12.1 Å². The summed E-state index contributed by atoms with van der Waals surface area (Å²) in [5.41, 5.74) is 0.0791. The minimum absolute atomic E-state index is 0.165. The molecule has 1 aromatic carbocycles. The van der Waals surface area contributed by atoms with Gasteiger partial charge in [-0.3, -0.25) is 14.5 Å². The molecule has 1 aromatic rings. The Balaban J connectivity index is 2.45. The van der Waals surface area contributed by atoms with Crippen molar-refractivity contribution in [3.8, 4) is 6.07 Å². The summed E-state index contributed by atoms with van der Waals surface area (Å²) in [4.78, 5) is 23.8. The minimum Gasteiger partial charge on any atom is -0.274 e. The molecule has 0 unspecified atom stereocenters. The maximum Gasteiger partial charge on any atom is 0.234 e. The molecule has 0 aromatic heterocycles. The quantitative estimate of drug-likeness (QED) is 0.668. The topological polar surface area (TPSA) is 61.2 Å². The lowest BCUT2D eigenvalue weighted by molar-refractivity contribution is -0.121. The van der Waals surface area contributed by atoms with Crippen molar-refractivity contribution in [3.05, 3.63) is 29.6 Å². The summed E-state index contributed by atoms with van der Waals surface area (Å²) < 4.78 is 13.0. The number of hydrogen-bond donors (Lipinski definition) is 0. The number of benzene rings is 1. The van der Waals surface area contributed by atoms with Crippen molar-refractivity contribution in [2.45, 2.75) is 12.8 Å². The standard InChI is InChI=1S/C11H7FN2O2/c12-9-2-1-8(5-7(9)6-13)14-10(15)3-4-11(14)16/h1-2,5H,3-4H2. The smallest absolute Gasteiger partial charge is 0.234 e. The average molecular weight is 218 g/mol. The van der Waals surface area contributed by atoms with Gasteiger partial charge in [0, 0.05) is 12.8 Å². The third kappa shape index (κ3) is 1.54. The van der Waals surface area contributed by atoms with Gasteiger partial charge in [-0.05, 0) is 18.2 Å². The number of amides is 2. The van der Waals surface area contributed by atoms with Crippen LogP contribution in [0.3, 0.4) is 0 Å². The van der Waals surface area contributed by atoms with Gasteiger partial charge in [0.15, 0.2) is 0 Å². The van der Waals surface area contributed by atoms with Gasteiger partial charge in [-0.2, -0.15) is 5.26 Å². The molecule has 0 radical (unpaired) electrons. The third-order valence-electron chi connectivity index (χ3n) is 2.38. The van der Waals surface area contributed by atoms with Crippen LogP contribution in [0.1, 0.15) is 18.4 Å². The maximum atomic E-state index is 13.0. The highest BCUT2D eigenvalue weighted by Crippen LogP contribution is 2.24. The van der Waals surface area contributed by atoms with Gasteiger partial charge in [0.1, 0.15) is 11.9 Å². The number of carbonyl (C=O) groups excluding carboxylic acids is 2. The fourth-order valence-electron chi connectivity index (χ4n) is 1.60. The normalized spacial score (nSPS) is 15.4. The number of nitrogens with zero attached hydrogens (tertiary/aromatic N) is 2. The highest BCUT2D eigenvalue weighted by atomic mass is 19.1. The Morgan fingerprint density at radius 1 is 1.25 bits per heavy atom. The van der Waals surface area contributed by atoms with Gasteiger partial charge >= 0.3 is 0 Å². The Hall–Kier alpha value is -2.22. The van der Waals surface area contributed by atoms with Crippen LogP contribution in [0.2, 0.25) is 0 Å². The summed E-state index contributed by atoms with van der Waals surface area (Å²) in [5, 5.41) is 8.64. The molecule has 1 aliphatic heterocycles. The Morgan fingerprint density at radius 2 is 1.88 bits per heavy atom. The van der Waals surface area contributed by atoms with E-state index in [-0.39, 0.29) is 35.9 Å². The molecule has 0 bridgehead atoms. The predicted octanol–water partition coefficient (Wildman–Crippen LogP) is 1.35. The largest absolute Gasteiger partial charge is 0.274 e. The molecule has 0 saturated carbocycles. The molecule has 16 heavy (non-hydrogen) atoms. The van der Waals surface area contributed by atoms with E-state index in [9.17, 15) is 14.0 Å². The first-order chi connectivity index (χ1) is 7.63. The number of rotatable bonds is 1. The van der Waals surface area contributed by atoms with E-state index >= 15 is 0 Å². The second-order valence-corrected chi connectivity index (χ2v) is 3.40. The summed E-state index contributed by atoms with van der Waals surface area (Å²) in [6.07, 6.45) is 0.330. The van der Waals surface area contributed by atoms with E-state index in [4.69, 9.17) is 5.26 Å². The zero-order valence-electron chi connectivity index (χ0n) is 8.24. The number of halogens is 1. The second kappa shape index (κ2) is 3.74. The first kappa shape index (κ1) is 10.3. The molecule has 5 heteroatoms. The van der Waals surface area contributed by atoms with Crippen LogP contribution in [-0.4, -0.2) is 11.8 Å². The SMILES string of the molecule is N#Cc1cc(N2C(=O)CCC2=O)ccc1F. The molecular weight excluding hydrogens is 211 g/mol. The Kier molecular flexibility index (Phi) is 2.41. The molecule has 1 fully saturated rings. The van der Waals surface area contributed by atoms with Crippen LogP contribution in [-0.2, 0) is 9.59 Å². The van der Waals surface area contributed by atoms with Crippen molar-refractivity contribution in [3.63, 3.8) is 0 Å². The number of nitriles is 1. The number of anilines is 1. The number of imide groups is 1. The van der Waals surface area contributed by atoms with Crippen molar-refractivity contribution < 1.29 is 14.0 Å². The van der Waals surface area contributed by atoms with Gasteiger partial charge in [0.25, 0.3) is 0 Å². The first-order valence-corrected chi connectivity index (χ1v) is 4.69. The summed E-state index contributed by atoms with van der Waals surface area (Å²) in [6, 6.07) is 5.26. The fourth-order valence-corrected chi connectivity index (χ4v) is 1.60. The van der Waals surface area contributed by atoms with E-state index in [0.717, 1.165) is 11.0 Å². The summed E-state index contributed by atoms with van der Waals surface area (Å²) in [7, 11) is 0. The average Bonchev–Trinajstić information content (AvgIpc) is 2.60. The first-order valence-electron chi connectivity index (χ1n) is 4.69. The molecule has 2 rings (SSSR count). The molecule has 1 aliphatic rings. The van der Waals surface area contributed by atoms with Crippen LogP contribution in [0, 0.1) is 17.1 Å². The van der Waals surface area contributed by atoms with Crippen LogP contribution < -0.4 is 4.90 Å². The van der Waals surface area contributed by atoms with Crippen LogP contribution in [0.25, 0.3) is 0 Å². The molecular formula is C11H7FN2O2. The second-order valence-electron chi connectivity index (χ2n) is 3.40.